The fourth-order valence-electron chi connectivity index (χ4n) is 2.04. The number of aromatic amines is 2. The molecule has 0 unspecified atom stereocenters. The Balaban J connectivity index is 1.77. The van der Waals surface area contributed by atoms with Crippen molar-refractivity contribution in [2.45, 2.75) is 13.1 Å². The van der Waals surface area contributed by atoms with Gasteiger partial charge in [-0.15, -0.1) is 0 Å². The van der Waals surface area contributed by atoms with Crippen molar-refractivity contribution in [3.63, 3.8) is 0 Å². The van der Waals surface area contributed by atoms with Crippen LogP contribution in [0.15, 0.2) is 47.7 Å². The van der Waals surface area contributed by atoms with Crippen LogP contribution in [0.25, 0.3) is 10.9 Å². The van der Waals surface area contributed by atoms with E-state index >= 15 is 0 Å². The summed E-state index contributed by atoms with van der Waals surface area (Å²) in [7, 11) is 0. The summed E-state index contributed by atoms with van der Waals surface area (Å²) in [6.07, 6.45) is 3.40. The number of fused-ring (bicyclic) bond motifs is 1. The largest absolute Gasteiger partial charge is 0.347 e. The molecule has 0 aliphatic carbocycles. The predicted octanol–water partition coefficient (Wildman–Crippen LogP) is 1.54. The number of aromatic nitrogens is 3. The molecular weight excluding hydrogens is 240 g/mol. The third-order valence-electron chi connectivity index (χ3n) is 3.02. The SMILES string of the molecule is O=c1[nH]c2ccccc2cc1CNCc1cnc[nH]1. The summed E-state index contributed by atoms with van der Waals surface area (Å²) in [4.78, 5) is 21.7. The van der Waals surface area contributed by atoms with Gasteiger partial charge in [-0.1, -0.05) is 18.2 Å². The number of H-pyrrole nitrogens is 2. The lowest BCUT2D eigenvalue weighted by Gasteiger charge is -2.04. The molecule has 5 heteroatoms. The molecule has 0 bridgehead atoms. The molecule has 96 valence electrons. The molecule has 2 heterocycles. The summed E-state index contributed by atoms with van der Waals surface area (Å²) in [5.41, 5.74) is 2.55. The van der Waals surface area contributed by atoms with E-state index < -0.39 is 0 Å². The average molecular weight is 254 g/mol. The lowest BCUT2D eigenvalue weighted by Crippen LogP contribution is -2.20. The Hall–Kier alpha value is -2.40. The molecular formula is C14H14N4O. The van der Waals surface area contributed by atoms with Gasteiger partial charge >= 0.3 is 0 Å². The molecule has 0 fully saturated rings. The Kier molecular flexibility index (Phi) is 3.12. The van der Waals surface area contributed by atoms with Crippen LogP contribution >= 0.6 is 0 Å². The van der Waals surface area contributed by atoms with Crippen LogP contribution in [0.1, 0.15) is 11.3 Å². The van der Waals surface area contributed by atoms with Crippen molar-refractivity contribution in [3.05, 3.63) is 64.5 Å². The first-order valence-corrected chi connectivity index (χ1v) is 6.12. The number of hydrogen-bond acceptors (Lipinski definition) is 3. The zero-order valence-corrected chi connectivity index (χ0v) is 10.3. The second-order valence-corrected chi connectivity index (χ2v) is 4.39. The minimum Gasteiger partial charge on any atom is -0.347 e. The molecule has 2 aromatic heterocycles. The van der Waals surface area contributed by atoms with E-state index in [1.54, 1.807) is 12.5 Å². The van der Waals surface area contributed by atoms with E-state index in [2.05, 4.69) is 20.3 Å². The van der Waals surface area contributed by atoms with E-state index in [1.165, 1.54) is 0 Å². The number of para-hydroxylation sites is 1. The first-order chi connectivity index (χ1) is 9.33. The van der Waals surface area contributed by atoms with Crippen LogP contribution in [-0.4, -0.2) is 15.0 Å². The zero-order valence-electron chi connectivity index (χ0n) is 10.3. The first-order valence-electron chi connectivity index (χ1n) is 6.12. The highest BCUT2D eigenvalue weighted by atomic mass is 16.1. The van der Waals surface area contributed by atoms with E-state index in [9.17, 15) is 4.79 Å². The summed E-state index contributed by atoms with van der Waals surface area (Å²) in [6.45, 7) is 1.19. The van der Waals surface area contributed by atoms with Gasteiger partial charge in [0.15, 0.2) is 0 Å². The van der Waals surface area contributed by atoms with E-state index in [4.69, 9.17) is 0 Å². The Morgan fingerprint density at radius 2 is 2.11 bits per heavy atom. The summed E-state index contributed by atoms with van der Waals surface area (Å²) >= 11 is 0. The smallest absolute Gasteiger partial charge is 0.252 e. The molecule has 0 saturated heterocycles. The van der Waals surface area contributed by atoms with Crippen LogP contribution < -0.4 is 10.9 Å². The van der Waals surface area contributed by atoms with Crippen molar-refractivity contribution in [3.8, 4) is 0 Å². The molecule has 0 spiro atoms. The molecule has 0 atom stereocenters. The minimum atomic E-state index is -0.0455. The normalized spacial score (nSPS) is 10.9. The Bertz CT molecular complexity index is 731. The molecule has 19 heavy (non-hydrogen) atoms. The van der Waals surface area contributed by atoms with Crippen molar-refractivity contribution in [1.29, 1.82) is 0 Å². The standard InChI is InChI=1S/C14H14N4O/c19-14-11(6-15-7-12-8-16-9-17-12)5-10-3-1-2-4-13(10)18-14/h1-5,8-9,15H,6-7H2,(H,16,17)(H,18,19). The second-order valence-electron chi connectivity index (χ2n) is 4.39. The molecule has 0 radical (unpaired) electrons. The van der Waals surface area contributed by atoms with Crippen LogP contribution in [0.3, 0.4) is 0 Å². The number of nitrogens with zero attached hydrogens (tertiary/aromatic N) is 1. The van der Waals surface area contributed by atoms with Gasteiger partial charge in [0.25, 0.3) is 5.56 Å². The van der Waals surface area contributed by atoms with Gasteiger partial charge in [0.05, 0.1) is 6.33 Å². The van der Waals surface area contributed by atoms with E-state index in [-0.39, 0.29) is 5.56 Å². The summed E-state index contributed by atoms with van der Waals surface area (Å²) < 4.78 is 0. The molecule has 0 saturated carbocycles. The van der Waals surface area contributed by atoms with Crippen LogP contribution in [-0.2, 0) is 13.1 Å². The molecule has 1 aromatic carbocycles. The highest BCUT2D eigenvalue weighted by Crippen LogP contribution is 2.09. The van der Waals surface area contributed by atoms with Crippen molar-refractivity contribution in [2.75, 3.05) is 0 Å². The van der Waals surface area contributed by atoms with Gasteiger partial charge < -0.3 is 15.3 Å². The Morgan fingerprint density at radius 3 is 2.95 bits per heavy atom. The third kappa shape index (κ3) is 2.56. The highest BCUT2D eigenvalue weighted by molar-refractivity contribution is 5.78. The van der Waals surface area contributed by atoms with E-state index in [1.807, 2.05) is 30.3 Å². The zero-order chi connectivity index (χ0) is 13.1. The van der Waals surface area contributed by atoms with Crippen molar-refractivity contribution >= 4 is 10.9 Å². The summed E-state index contributed by atoms with van der Waals surface area (Å²) in [5, 5.41) is 4.26. The molecule has 0 amide bonds. The monoisotopic (exact) mass is 254 g/mol. The number of benzene rings is 1. The lowest BCUT2D eigenvalue weighted by atomic mass is 10.1. The molecule has 0 aliphatic rings. The van der Waals surface area contributed by atoms with Gasteiger partial charge in [-0.3, -0.25) is 4.79 Å². The molecule has 0 aliphatic heterocycles. The summed E-state index contributed by atoms with van der Waals surface area (Å²) in [5.74, 6) is 0. The van der Waals surface area contributed by atoms with E-state index in [0.29, 0.717) is 13.1 Å². The van der Waals surface area contributed by atoms with Gasteiger partial charge in [0, 0.05) is 36.1 Å². The van der Waals surface area contributed by atoms with Gasteiger partial charge in [-0.05, 0) is 17.5 Å². The van der Waals surface area contributed by atoms with E-state index in [0.717, 1.165) is 22.2 Å². The molecule has 3 aromatic rings. The second kappa shape index (κ2) is 5.07. The number of rotatable bonds is 4. The predicted molar refractivity (Wildman–Crippen MR) is 73.7 cm³/mol. The average Bonchev–Trinajstić information content (AvgIpc) is 2.92. The number of pyridine rings is 1. The van der Waals surface area contributed by atoms with Crippen LogP contribution in [0.5, 0.6) is 0 Å². The maximum atomic E-state index is 11.9. The van der Waals surface area contributed by atoms with Crippen LogP contribution in [0.4, 0.5) is 0 Å². The maximum absolute atomic E-state index is 11.9. The Morgan fingerprint density at radius 1 is 1.21 bits per heavy atom. The number of hydrogen-bond donors (Lipinski definition) is 3. The molecule has 3 rings (SSSR count). The summed E-state index contributed by atoms with van der Waals surface area (Å²) in [6, 6.07) is 9.69. The maximum Gasteiger partial charge on any atom is 0.252 e. The Labute approximate surface area is 109 Å². The van der Waals surface area contributed by atoms with Crippen LogP contribution in [0.2, 0.25) is 0 Å². The molecule has 5 nitrogen and oxygen atoms in total. The van der Waals surface area contributed by atoms with Gasteiger partial charge in [0.1, 0.15) is 0 Å². The lowest BCUT2D eigenvalue weighted by molar-refractivity contribution is 0.678. The fourth-order valence-corrected chi connectivity index (χ4v) is 2.04. The quantitative estimate of drug-likeness (QED) is 0.661. The van der Waals surface area contributed by atoms with Gasteiger partial charge in [-0.2, -0.15) is 0 Å². The van der Waals surface area contributed by atoms with Crippen LogP contribution in [0, 0.1) is 0 Å². The number of nitrogens with one attached hydrogen (secondary N) is 3. The van der Waals surface area contributed by atoms with Crippen molar-refractivity contribution in [1.82, 2.24) is 20.3 Å². The number of imidazole rings is 1. The molecule has 3 N–H and O–H groups in total. The topological polar surface area (TPSA) is 73.6 Å². The fraction of sp³-hybridized carbons (Fsp3) is 0.143. The van der Waals surface area contributed by atoms with Gasteiger partial charge in [-0.25, -0.2) is 4.98 Å². The van der Waals surface area contributed by atoms with Crippen molar-refractivity contribution in [2.24, 2.45) is 0 Å². The third-order valence-corrected chi connectivity index (χ3v) is 3.02. The van der Waals surface area contributed by atoms with Gasteiger partial charge in [0.2, 0.25) is 0 Å². The van der Waals surface area contributed by atoms with Crippen molar-refractivity contribution < 1.29 is 0 Å². The first kappa shape index (κ1) is 11.7. The highest BCUT2D eigenvalue weighted by Gasteiger charge is 2.02. The minimum absolute atomic E-state index is 0.0455.